The molecule has 2 N–H and O–H groups in total. The number of carbonyl (C=O) groups excluding carboxylic acids is 2. The van der Waals surface area contributed by atoms with Crippen LogP contribution in [-0.2, 0) is 6.54 Å². The number of anilines is 1. The highest BCUT2D eigenvalue weighted by Crippen LogP contribution is 2.32. The minimum atomic E-state index is -0.325. The molecule has 3 aromatic rings. The summed E-state index contributed by atoms with van der Waals surface area (Å²) in [5.74, 6) is 0.707. The molecule has 0 saturated heterocycles. The van der Waals surface area contributed by atoms with Gasteiger partial charge in [-0.15, -0.1) is 0 Å². The van der Waals surface area contributed by atoms with Gasteiger partial charge in [-0.25, -0.2) is 0 Å². The van der Waals surface area contributed by atoms with Crippen LogP contribution in [0.3, 0.4) is 0 Å². The fraction of sp³-hybridized carbons (Fsp3) is 0.136. The van der Waals surface area contributed by atoms with Crippen molar-refractivity contribution in [1.29, 1.82) is 0 Å². The van der Waals surface area contributed by atoms with Gasteiger partial charge in [0.15, 0.2) is 11.5 Å². The first-order valence-corrected chi connectivity index (χ1v) is 9.08. The van der Waals surface area contributed by atoms with E-state index in [-0.39, 0.29) is 18.6 Å². The molecule has 7 heteroatoms. The van der Waals surface area contributed by atoms with Crippen LogP contribution >= 0.6 is 0 Å². The monoisotopic (exact) mass is 389 g/mol. The third-order valence-electron chi connectivity index (χ3n) is 4.43. The lowest BCUT2D eigenvalue weighted by Gasteiger charge is -2.08. The summed E-state index contributed by atoms with van der Waals surface area (Å²) in [6.45, 7) is 2.46. The maximum Gasteiger partial charge on any atom is 0.257 e. The standard InChI is InChI=1S/C22H19N3O4/c1-14-3-2-4-18(7-14)25-22(27)17-9-16(11-23-12-17)21(26)24-10-15-5-6-19-20(8-15)29-13-28-19/h2-9,11-12H,10,13H2,1H3,(H,24,26)(H,25,27). The van der Waals surface area contributed by atoms with Crippen LogP contribution in [0.1, 0.15) is 31.8 Å². The number of fused-ring (bicyclic) bond motifs is 1. The lowest BCUT2D eigenvalue weighted by molar-refractivity contribution is 0.0950. The zero-order chi connectivity index (χ0) is 20.2. The molecular formula is C22H19N3O4. The highest BCUT2D eigenvalue weighted by Gasteiger charge is 2.15. The molecule has 0 atom stereocenters. The summed E-state index contributed by atoms with van der Waals surface area (Å²) in [4.78, 5) is 29.0. The molecule has 1 aliphatic heterocycles. The van der Waals surface area contributed by atoms with Crippen molar-refractivity contribution in [2.75, 3.05) is 12.1 Å². The summed E-state index contributed by atoms with van der Waals surface area (Å²) in [6.07, 6.45) is 2.86. The Balaban J connectivity index is 1.41. The van der Waals surface area contributed by atoms with E-state index in [0.717, 1.165) is 11.1 Å². The van der Waals surface area contributed by atoms with E-state index in [4.69, 9.17) is 9.47 Å². The summed E-state index contributed by atoms with van der Waals surface area (Å²) in [6, 6.07) is 14.5. The number of aromatic nitrogens is 1. The van der Waals surface area contributed by atoms with Gasteiger partial charge in [-0.3, -0.25) is 14.6 Å². The second kappa shape index (κ2) is 8.02. The first kappa shape index (κ1) is 18.5. The maximum absolute atomic E-state index is 12.5. The van der Waals surface area contributed by atoms with Gasteiger partial charge in [-0.1, -0.05) is 18.2 Å². The van der Waals surface area contributed by atoms with Crippen LogP contribution in [0.15, 0.2) is 60.9 Å². The van der Waals surface area contributed by atoms with Gasteiger partial charge in [0.25, 0.3) is 11.8 Å². The number of pyridine rings is 1. The third-order valence-corrected chi connectivity index (χ3v) is 4.43. The Morgan fingerprint density at radius 3 is 2.59 bits per heavy atom. The van der Waals surface area contributed by atoms with E-state index in [1.807, 2.05) is 43.3 Å². The molecular weight excluding hydrogens is 370 g/mol. The normalized spacial score (nSPS) is 11.8. The van der Waals surface area contributed by atoms with Crippen LogP contribution in [0.25, 0.3) is 0 Å². The van der Waals surface area contributed by atoms with E-state index in [2.05, 4.69) is 15.6 Å². The second-order valence-corrected chi connectivity index (χ2v) is 6.66. The smallest absolute Gasteiger partial charge is 0.257 e. The number of nitrogens with zero attached hydrogens (tertiary/aromatic N) is 1. The van der Waals surface area contributed by atoms with Crippen LogP contribution in [-0.4, -0.2) is 23.6 Å². The number of amides is 2. The van der Waals surface area contributed by atoms with Gasteiger partial charge >= 0.3 is 0 Å². The molecule has 0 aliphatic carbocycles. The topological polar surface area (TPSA) is 89.6 Å². The number of aryl methyl sites for hydroxylation is 1. The fourth-order valence-electron chi connectivity index (χ4n) is 2.95. The molecule has 0 saturated carbocycles. The Hall–Kier alpha value is -3.87. The SMILES string of the molecule is Cc1cccc(NC(=O)c2cncc(C(=O)NCc3ccc4c(c3)OCO4)c2)c1. The molecule has 29 heavy (non-hydrogen) atoms. The Bertz CT molecular complexity index is 1080. The summed E-state index contributed by atoms with van der Waals surface area (Å²) in [5.41, 5.74) is 3.22. The molecule has 2 heterocycles. The minimum absolute atomic E-state index is 0.203. The summed E-state index contributed by atoms with van der Waals surface area (Å²) in [7, 11) is 0. The largest absolute Gasteiger partial charge is 0.454 e. The van der Waals surface area contributed by atoms with E-state index in [1.54, 1.807) is 6.07 Å². The number of hydrogen-bond donors (Lipinski definition) is 2. The predicted molar refractivity (Wildman–Crippen MR) is 107 cm³/mol. The molecule has 0 unspecified atom stereocenters. The fourth-order valence-corrected chi connectivity index (χ4v) is 2.95. The van der Waals surface area contributed by atoms with Gasteiger partial charge < -0.3 is 20.1 Å². The molecule has 7 nitrogen and oxygen atoms in total. The lowest BCUT2D eigenvalue weighted by atomic mass is 10.1. The minimum Gasteiger partial charge on any atom is -0.454 e. The zero-order valence-corrected chi connectivity index (χ0v) is 15.8. The number of carbonyl (C=O) groups is 2. The molecule has 4 rings (SSSR count). The molecule has 2 amide bonds. The van der Waals surface area contributed by atoms with Gasteiger partial charge in [0, 0.05) is 24.6 Å². The van der Waals surface area contributed by atoms with Gasteiger partial charge in [-0.2, -0.15) is 0 Å². The molecule has 1 aliphatic rings. The Kier molecular flexibility index (Phi) is 5.11. The van der Waals surface area contributed by atoms with Crippen molar-refractivity contribution in [3.05, 3.63) is 83.2 Å². The van der Waals surface area contributed by atoms with Crippen LogP contribution in [0.5, 0.6) is 11.5 Å². The molecule has 0 spiro atoms. The van der Waals surface area contributed by atoms with Crippen LogP contribution < -0.4 is 20.1 Å². The third kappa shape index (κ3) is 4.35. The van der Waals surface area contributed by atoms with Crippen LogP contribution in [0.2, 0.25) is 0 Å². The first-order chi connectivity index (χ1) is 14.1. The lowest BCUT2D eigenvalue weighted by Crippen LogP contribution is -2.23. The summed E-state index contributed by atoms with van der Waals surface area (Å²) in [5, 5.41) is 5.63. The summed E-state index contributed by atoms with van der Waals surface area (Å²) < 4.78 is 10.6. The van der Waals surface area contributed by atoms with Crippen LogP contribution in [0, 0.1) is 6.92 Å². The number of benzene rings is 2. The van der Waals surface area contributed by atoms with E-state index in [0.29, 0.717) is 34.9 Å². The van der Waals surface area contributed by atoms with Crippen molar-refractivity contribution in [1.82, 2.24) is 10.3 Å². The summed E-state index contributed by atoms with van der Waals surface area (Å²) >= 11 is 0. The number of hydrogen-bond acceptors (Lipinski definition) is 5. The average Bonchev–Trinajstić information content (AvgIpc) is 3.20. The highest BCUT2D eigenvalue weighted by atomic mass is 16.7. The maximum atomic E-state index is 12.5. The predicted octanol–water partition coefficient (Wildman–Crippen LogP) is 3.30. The van der Waals surface area contributed by atoms with Crippen molar-refractivity contribution in [2.45, 2.75) is 13.5 Å². The molecule has 0 fully saturated rings. The number of nitrogens with one attached hydrogen (secondary N) is 2. The Morgan fingerprint density at radius 2 is 1.76 bits per heavy atom. The first-order valence-electron chi connectivity index (χ1n) is 9.08. The van der Waals surface area contributed by atoms with Gasteiger partial charge in [0.2, 0.25) is 6.79 Å². The number of rotatable bonds is 5. The van der Waals surface area contributed by atoms with E-state index in [1.165, 1.54) is 18.5 Å². The van der Waals surface area contributed by atoms with Crippen molar-refractivity contribution in [3.8, 4) is 11.5 Å². The second-order valence-electron chi connectivity index (χ2n) is 6.66. The van der Waals surface area contributed by atoms with Crippen molar-refractivity contribution < 1.29 is 19.1 Å². The van der Waals surface area contributed by atoms with Crippen molar-refractivity contribution in [3.63, 3.8) is 0 Å². The number of ether oxygens (including phenoxy) is 2. The Labute approximate surface area is 167 Å². The van der Waals surface area contributed by atoms with E-state index in [9.17, 15) is 9.59 Å². The van der Waals surface area contributed by atoms with E-state index < -0.39 is 0 Å². The van der Waals surface area contributed by atoms with Crippen molar-refractivity contribution in [2.24, 2.45) is 0 Å². The quantitative estimate of drug-likeness (QED) is 0.699. The van der Waals surface area contributed by atoms with Gasteiger partial charge in [0.05, 0.1) is 11.1 Å². The molecule has 1 aromatic heterocycles. The zero-order valence-electron chi connectivity index (χ0n) is 15.8. The van der Waals surface area contributed by atoms with Gasteiger partial charge in [-0.05, 0) is 48.4 Å². The average molecular weight is 389 g/mol. The molecule has 0 bridgehead atoms. The molecule has 146 valence electrons. The molecule has 0 radical (unpaired) electrons. The Morgan fingerprint density at radius 1 is 0.966 bits per heavy atom. The van der Waals surface area contributed by atoms with Gasteiger partial charge in [0.1, 0.15) is 0 Å². The van der Waals surface area contributed by atoms with E-state index >= 15 is 0 Å². The van der Waals surface area contributed by atoms with Crippen LogP contribution in [0.4, 0.5) is 5.69 Å². The highest BCUT2D eigenvalue weighted by molar-refractivity contribution is 6.05. The van der Waals surface area contributed by atoms with Crippen molar-refractivity contribution >= 4 is 17.5 Å². The molecule has 2 aromatic carbocycles.